The second kappa shape index (κ2) is 6.76. The van der Waals surface area contributed by atoms with Gasteiger partial charge in [-0.25, -0.2) is 13.3 Å². The van der Waals surface area contributed by atoms with Gasteiger partial charge in [-0.3, -0.25) is 10.1 Å². The third kappa shape index (κ3) is 3.13. The van der Waals surface area contributed by atoms with Crippen molar-refractivity contribution in [2.45, 2.75) is 0 Å². The first-order valence-corrected chi connectivity index (χ1v) is 8.69. The number of halogens is 2. The molecule has 4 rings (SSSR count). The molecule has 0 atom stereocenters. The molecule has 27 heavy (non-hydrogen) atoms. The van der Waals surface area contributed by atoms with E-state index in [-0.39, 0.29) is 5.95 Å². The molecule has 6 nitrogen and oxygen atoms in total. The minimum absolute atomic E-state index is 0.00772. The van der Waals surface area contributed by atoms with E-state index in [2.05, 4.69) is 15.4 Å². The fourth-order valence-corrected chi connectivity index (χ4v) is 3.44. The zero-order chi connectivity index (χ0) is 19.0. The maximum Gasteiger partial charge on any atom is 0.261 e. The maximum absolute atomic E-state index is 13.8. The van der Waals surface area contributed by atoms with Gasteiger partial charge in [0.25, 0.3) is 11.9 Å². The van der Waals surface area contributed by atoms with E-state index in [4.69, 9.17) is 4.74 Å². The number of para-hydroxylation sites is 1. The van der Waals surface area contributed by atoms with E-state index in [1.807, 2.05) is 29.6 Å². The number of amides is 1. The van der Waals surface area contributed by atoms with Crippen molar-refractivity contribution in [1.29, 1.82) is 0 Å². The molecule has 1 N–H and O–H groups in total. The highest BCUT2D eigenvalue weighted by Gasteiger charge is 2.18. The summed E-state index contributed by atoms with van der Waals surface area (Å²) in [6, 6.07) is 10.1. The lowest BCUT2D eigenvalue weighted by molar-refractivity contribution is 0.102. The molecule has 2 aromatic carbocycles. The van der Waals surface area contributed by atoms with Crippen LogP contribution in [0.5, 0.6) is 5.75 Å². The van der Waals surface area contributed by atoms with Gasteiger partial charge in [0.2, 0.25) is 4.96 Å². The predicted octanol–water partition coefficient (Wildman–Crippen LogP) is 4.00. The first-order valence-electron chi connectivity index (χ1n) is 7.81. The molecule has 0 radical (unpaired) electrons. The maximum atomic E-state index is 13.8. The zero-order valence-electron chi connectivity index (χ0n) is 13.9. The van der Waals surface area contributed by atoms with Crippen LogP contribution in [0.3, 0.4) is 0 Å². The van der Waals surface area contributed by atoms with E-state index in [1.165, 1.54) is 11.3 Å². The third-order valence-corrected chi connectivity index (χ3v) is 4.68. The standard InChI is InChI=1S/C18H12F2N4O2S/c1-26-15-5-3-2-4-11(15)14-9-27-18-22-17(23-24(14)18)21-16(25)12-8-10(19)6-7-13(12)20/h2-9H,1H3,(H,21,23,25). The molecule has 0 saturated heterocycles. The number of hydrogen-bond acceptors (Lipinski definition) is 5. The number of methoxy groups -OCH3 is 1. The van der Waals surface area contributed by atoms with Crippen LogP contribution in [0.25, 0.3) is 16.2 Å². The monoisotopic (exact) mass is 386 g/mol. The molecular weight excluding hydrogens is 374 g/mol. The summed E-state index contributed by atoms with van der Waals surface area (Å²) in [4.78, 5) is 17.0. The Bertz CT molecular complexity index is 1160. The smallest absolute Gasteiger partial charge is 0.261 e. The molecule has 136 valence electrons. The Morgan fingerprint density at radius 2 is 2.04 bits per heavy atom. The second-order valence-corrected chi connectivity index (χ2v) is 6.37. The van der Waals surface area contributed by atoms with Crippen LogP contribution < -0.4 is 10.1 Å². The number of rotatable bonds is 4. The Morgan fingerprint density at radius 3 is 2.85 bits per heavy atom. The lowest BCUT2D eigenvalue weighted by Gasteiger charge is -2.06. The molecule has 2 heterocycles. The number of hydrogen-bond donors (Lipinski definition) is 1. The second-order valence-electron chi connectivity index (χ2n) is 5.53. The highest BCUT2D eigenvalue weighted by Crippen LogP contribution is 2.32. The molecule has 0 aliphatic heterocycles. The van der Waals surface area contributed by atoms with Gasteiger partial charge in [0.05, 0.1) is 18.4 Å². The number of aromatic nitrogens is 3. The SMILES string of the molecule is COc1ccccc1-c1csc2nc(NC(=O)c3cc(F)ccc3F)nn12. The van der Waals surface area contributed by atoms with E-state index in [9.17, 15) is 13.6 Å². The van der Waals surface area contributed by atoms with Crippen LogP contribution in [0.15, 0.2) is 47.8 Å². The Morgan fingerprint density at radius 1 is 1.22 bits per heavy atom. The van der Waals surface area contributed by atoms with Crippen molar-refractivity contribution in [1.82, 2.24) is 14.6 Å². The molecule has 1 amide bonds. The van der Waals surface area contributed by atoms with Gasteiger partial charge in [-0.05, 0) is 30.3 Å². The van der Waals surface area contributed by atoms with Gasteiger partial charge in [0.15, 0.2) is 0 Å². The van der Waals surface area contributed by atoms with Gasteiger partial charge >= 0.3 is 0 Å². The van der Waals surface area contributed by atoms with Crippen LogP contribution in [0.1, 0.15) is 10.4 Å². The zero-order valence-corrected chi connectivity index (χ0v) is 14.8. The fourth-order valence-electron chi connectivity index (χ4n) is 2.62. The minimum Gasteiger partial charge on any atom is -0.496 e. The lowest BCUT2D eigenvalue weighted by Crippen LogP contribution is -2.15. The van der Waals surface area contributed by atoms with Crippen LogP contribution in [0, 0.1) is 11.6 Å². The number of fused-ring (bicyclic) bond motifs is 1. The van der Waals surface area contributed by atoms with Crippen LogP contribution in [-0.2, 0) is 0 Å². The summed E-state index contributed by atoms with van der Waals surface area (Å²) in [5.41, 5.74) is 1.13. The third-order valence-electron chi connectivity index (χ3n) is 3.86. The summed E-state index contributed by atoms with van der Waals surface area (Å²) in [5.74, 6) is -1.71. The molecule has 0 saturated carbocycles. The molecule has 0 spiro atoms. The Hall–Kier alpha value is -3.33. The van der Waals surface area contributed by atoms with Crippen molar-refractivity contribution in [3.05, 3.63) is 65.0 Å². The van der Waals surface area contributed by atoms with Gasteiger partial charge in [0.1, 0.15) is 17.4 Å². The molecule has 0 aliphatic rings. The number of anilines is 1. The van der Waals surface area contributed by atoms with Crippen LogP contribution in [0.4, 0.5) is 14.7 Å². The van der Waals surface area contributed by atoms with Crippen molar-refractivity contribution in [3.8, 4) is 17.0 Å². The number of ether oxygens (including phenoxy) is 1. The number of carbonyl (C=O) groups is 1. The molecule has 0 aliphatic carbocycles. The molecule has 0 bridgehead atoms. The quantitative estimate of drug-likeness (QED) is 0.576. The van der Waals surface area contributed by atoms with E-state index >= 15 is 0 Å². The Kier molecular flexibility index (Phi) is 4.28. The summed E-state index contributed by atoms with van der Waals surface area (Å²) in [6.07, 6.45) is 0. The first kappa shape index (κ1) is 17.1. The van der Waals surface area contributed by atoms with Gasteiger partial charge in [0, 0.05) is 10.9 Å². The normalized spacial score (nSPS) is 10.9. The van der Waals surface area contributed by atoms with Crippen LogP contribution >= 0.6 is 11.3 Å². The highest BCUT2D eigenvalue weighted by atomic mass is 32.1. The average molecular weight is 386 g/mol. The molecular formula is C18H12F2N4O2S. The van der Waals surface area contributed by atoms with Gasteiger partial charge in [-0.2, -0.15) is 4.98 Å². The summed E-state index contributed by atoms with van der Waals surface area (Å²) in [7, 11) is 1.57. The molecule has 9 heteroatoms. The number of thiazole rings is 1. The molecule has 2 aromatic heterocycles. The number of nitrogens with zero attached hydrogens (tertiary/aromatic N) is 3. The number of carbonyl (C=O) groups excluding carboxylic acids is 1. The summed E-state index contributed by atoms with van der Waals surface area (Å²) < 4.78 is 34.0. The van der Waals surface area contributed by atoms with Crippen molar-refractivity contribution in [2.75, 3.05) is 12.4 Å². The first-order chi connectivity index (χ1) is 13.1. The minimum atomic E-state index is -0.830. The largest absolute Gasteiger partial charge is 0.496 e. The highest BCUT2D eigenvalue weighted by molar-refractivity contribution is 7.15. The lowest BCUT2D eigenvalue weighted by atomic mass is 10.1. The van der Waals surface area contributed by atoms with E-state index in [1.54, 1.807) is 11.6 Å². The average Bonchev–Trinajstić information content (AvgIpc) is 3.23. The fraction of sp³-hybridized carbons (Fsp3) is 0.0556. The molecule has 0 fully saturated rings. The van der Waals surface area contributed by atoms with Crippen molar-refractivity contribution in [2.24, 2.45) is 0 Å². The van der Waals surface area contributed by atoms with Crippen LogP contribution in [0.2, 0.25) is 0 Å². The van der Waals surface area contributed by atoms with Crippen molar-refractivity contribution in [3.63, 3.8) is 0 Å². The topological polar surface area (TPSA) is 68.5 Å². The van der Waals surface area contributed by atoms with Gasteiger partial charge in [-0.1, -0.05) is 12.1 Å². The number of nitrogens with one attached hydrogen (secondary N) is 1. The number of benzene rings is 2. The summed E-state index contributed by atoms with van der Waals surface area (Å²) >= 11 is 1.33. The Balaban J connectivity index is 1.68. The Labute approximate surface area is 156 Å². The van der Waals surface area contributed by atoms with E-state index < -0.39 is 23.1 Å². The van der Waals surface area contributed by atoms with Crippen molar-refractivity contribution < 1.29 is 18.3 Å². The van der Waals surface area contributed by atoms with Crippen LogP contribution in [-0.4, -0.2) is 27.6 Å². The molecule has 4 aromatic rings. The summed E-state index contributed by atoms with van der Waals surface area (Å²) in [6.45, 7) is 0. The molecule has 0 unspecified atom stereocenters. The predicted molar refractivity (Wildman–Crippen MR) is 97.2 cm³/mol. The summed E-state index contributed by atoms with van der Waals surface area (Å²) in [5, 5.41) is 8.52. The van der Waals surface area contributed by atoms with E-state index in [0.717, 1.165) is 29.5 Å². The van der Waals surface area contributed by atoms with Gasteiger partial charge < -0.3 is 4.74 Å². The van der Waals surface area contributed by atoms with Crippen molar-refractivity contribution >= 4 is 28.2 Å². The van der Waals surface area contributed by atoms with Gasteiger partial charge in [-0.15, -0.1) is 16.4 Å². The van der Waals surface area contributed by atoms with E-state index in [0.29, 0.717) is 10.7 Å².